The van der Waals surface area contributed by atoms with Gasteiger partial charge in [-0.1, -0.05) is 18.5 Å². The topological polar surface area (TPSA) is 58.4 Å². The van der Waals surface area contributed by atoms with Crippen LogP contribution in [0.1, 0.15) is 62.2 Å². The normalized spacial score (nSPS) is 26.5. The molecule has 1 saturated heterocycles. The third-order valence-corrected chi connectivity index (χ3v) is 4.78. The van der Waals surface area contributed by atoms with Gasteiger partial charge >= 0.3 is 0 Å². The van der Waals surface area contributed by atoms with Crippen molar-refractivity contribution < 1.29 is 9.32 Å². The largest absolute Gasteiger partial charge is 0.360 e. The summed E-state index contributed by atoms with van der Waals surface area (Å²) in [7, 11) is 0. The summed E-state index contributed by atoms with van der Waals surface area (Å²) in [6, 6.07) is 2.55. The lowest BCUT2D eigenvalue weighted by Gasteiger charge is -2.20. The van der Waals surface area contributed by atoms with E-state index in [2.05, 4.69) is 36.1 Å². The first-order valence-corrected chi connectivity index (χ1v) is 8.10. The Balaban J connectivity index is 1.62. The molecule has 0 spiro atoms. The Morgan fingerprint density at radius 3 is 2.86 bits per heavy atom. The van der Waals surface area contributed by atoms with Crippen molar-refractivity contribution in [2.75, 3.05) is 13.1 Å². The fourth-order valence-corrected chi connectivity index (χ4v) is 3.10. The monoisotopic (exact) mass is 291 g/mol. The number of rotatable bonds is 5. The van der Waals surface area contributed by atoms with Gasteiger partial charge in [0.25, 0.3) is 5.91 Å². The zero-order valence-electron chi connectivity index (χ0n) is 13.1. The third-order valence-electron chi connectivity index (χ3n) is 4.78. The lowest BCUT2D eigenvalue weighted by Crippen LogP contribution is -2.41. The van der Waals surface area contributed by atoms with Gasteiger partial charge in [-0.25, -0.2) is 0 Å². The number of nitrogens with one attached hydrogen (secondary N) is 1. The molecule has 2 heterocycles. The Labute approximate surface area is 126 Å². The predicted octanol–water partition coefficient (Wildman–Crippen LogP) is 2.40. The fourth-order valence-electron chi connectivity index (χ4n) is 3.10. The molecule has 0 bridgehead atoms. The molecule has 1 saturated carbocycles. The second-order valence-electron chi connectivity index (χ2n) is 6.68. The quantitative estimate of drug-likeness (QED) is 0.905. The Kier molecular flexibility index (Phi) is 4.02. The van der Waals surface area contributed by atoms with E-state index < -0.39 is 0 Å². The molecule has 2 aliphatic rings. The van der Waals surface area contributed by atoms with E-state index in [9.17, 15) is 4.79 Å². The summed E-state index contributed by atoms with van der Waals surface area (Å²) in [5, 5.41) is 7.07. The van der Waals surface area contributed by atoms with Crippen LogP contribution in [0, 0.1) is 5.92 Å². The summed E-state index contributed by atoms with van der Waals surface area (Å²) in [6.07, 6.45) is 3.39. The van der Waals surface area contributed by atoms with Gasteiger partial charge < -0.3 is 9.84 Å². The van der Waals surface area contributed by atoms with E-state index in [4.69, 9.17) is 4.52 Å². The molecule has 2 atom stereocenters. The second kappa shape index (κ2) is 5.79. The lowest BCUT2D eigenvalue weighted by atomic mass is 10.0. The van der Waals surface area contributed by atoms with Crippen LogP contribution < -0.4 is 5.32 Å². The highest BCUT2D eigenvalue weighted by Gasteiger charge is 2.35. The zero-order chi connectivity index (χ0) is 15.0. The van der Waals surface area contributed by atoms with Crippen LogP contribution in [-0.2, 0) is 0 Å². The van der Waals surface area contributed by atoms with Crippen LogP contribution in [0.3, 0.4) is 0 Å². The van der Waals surface area contributed by atoms with Crippen LogP contribution in [0.2, 0.25) is 0 Å². The number of carbonyl (C=O) groups excluding carboxylic acids is 1. The Morgan fingerprint density at radius 1 is 1.48 bits per heavy atom. The van der Waals surface area contributed by atoms with E-state index in [0.717, 1.165) is 38.1 Å². The van der Waals surface area contributed by atoms with Gasteiger partial charge in [-0.05, 0) is 32.6 Å². The summed E-state index contributed by atoms with van der Waals surface area (Å²) < 4.78 is 5.27. The molecule has 5 heteroatoms. The predicted molar refractivity (Wildman–Crippen MR) is 80.2 cm³/mol. The van der Waals surface area contributed by atoms with Gasteiger partial charge in [-0.2, -0.15) is 0 Å². The Hall–Kier alpha value is -1.36. The van der Waals surface area contributed by atoms with Crippen LogP contribution >= 0.6 is 0 Å². The van der Waals surface area contributed by atoms with Crippen LogP contribution in [0.5, 0.6) is 0 Å². The minimum atomic E-state index is -0.0975. The maximum absolute atomic E-state index is 12.3. The molecular weight excluding hydrogens is 266 g/mol. The summed E-state index contributed by atoms with van der Waals surface area (Å²) in [5.74, 6) is 1.78. The molecule has 1 aromatic heterocycles. The van der Waals surface area contributed by atoms with Crippen molar-refractivity contribution in [3.8, 4) is 0 Å². The highest BCUT2D eigenvalue weighted by Crippen LogP contribution is 2.40. The standard InChI is InChI=1S/C16H25N3O2/c1-4-11-8-19(10(2)3)9-14(11)17-16(20)13-7-15(21-18-13)12-5-6-12/h7,10-12,14H,4-6,8-9H2,1-3H3,(H,17,20)/t11?,14-/m0/s1. The van der Waals surface area contributed by atoms with Crippen molar-refractivity contribution in [3.63, 3.8) is 0 Å². The first-order chi connectivity index (χ1) is 10.1. The molecular formula is C16H25N3O2. The SMILES string of the molecule is CCC1CN(C(C)C)C[C@@H]1NC(=O)c1cc(C2CC2)on1. The molecule has 1 amide bonds. The highest BCUT2D eigenvalue weighted by molar-refractivity contribution is 5.92. The summed E-state index contributed by atoms with van der Waals surface area (Å²) >= 11 is 0. The molecule has 2 fully saturated rings. The van der Waals surface area contributed by atoms with Crippen LogP contribution in [0.4, 0.5) is 0 Å². The van der Waals surface area contributed by atoms with Crippen molar-refractivity contribution in [2.45, 2.75) is 58.0 Å². The molecule has 3 rings (SSSR count). The first kappa shape index (κ1) is 14.6. The van der Waals surface area contributed by atoms with Gasteiger partial charge in [0.15, 0.2) is 5.69 Å². The van der Waals surface area contributed by atoms with E-state index in [0.29, 0.717) is 23.6 Å². The van der Waals surface area contributed by atoms with Crippen molar-refractivity contribution in [1.82, 2.24) is 15.4 Å². The van der Waals surface area contributed by atoms with Gasteiger partial charge in [0.2, 0.25) is 0 Å². The number of likely N-dealkylation sites (tertiary alicyclic amines) is 1. The molecule has 5 nitrogen and oxygen atoms in total. The average molecular weight is 291 g/mol. The van der Waals surface area contributed by atoms with Gasteiger partial charge in [0.1, 0.15) is 5.76 Å². The number of aromatic nitrogens is 1. The van der Waals surface area contributed by atoms with Crippen LogP contribution in [0.25, 0.3) is 0 Å². The summed E-state index contributed by atoms with van der Waals surface area (Å²) in [4.78, 5) is 14.8. The van der Waals surface area contributed by atoms with Crippen molar-refractivity contribution >= 4 is 5.91 Å². The smallest absolute Gasteiger partial charge is 0.273 e. The maximum atomic E-state index is 12.3. The summed E-state index contributed by atoms with van der Waals surface area (Å²) in [6.45, 7) is 8.59. The molecule has 1 N–H and O–H groups in total. The van der Waals surface area contributed by atoms with Gasteiger partial charge in [0, 0.05) is 37.2 Å². The van der Waals surface area contributed by atoms with Crippen molar-refractivity contribution in [1.29, 1.82) is 0 Å². The van der Waals surface area contributed by atoms with E-state index in [1.54, 1.807) is 0 Å². The third kappa shape index (κ3) is 3.12. The minimum Gasteiger partial charge on any atom is -0.360 e. The highest BCUT2D eigenvalue weighted by atomic mass is 16.5. The van der Waals surface area contributed by atoms with Gasteiger partial charge in [0.05, 0.1) is 0 Å². The van der Waals surface area contributed by atoms with E-state index in [-0.39, 0.29) is 11.9 Å². The van der Waals surface area contributed by atoms with Crippen molar-refractivity contribution in [2.24, 2.45) is 5.92 Å². The molecule has 1 aliphatic heterocycles. The first-order valence-electron chi connectivity index (χ1n) is 8.10. The van der Waals surface area contributed by atoms with Crippen molar-refractivity contribution in [3.05, 3.63) is 17.5 Å². The lowest BCUT2D eigenvalue weighted by molar-refractivity contribution is 0.0920. The number of amides is 1. The number of hydrogen-bond acceptors (Lipinski definition) is 4. The zero-order valence-corrected chi connectivity index (χ0v) is 13.1. The second-order valence-corrected chi connectivity index (χ2v) is 6.68. The molecule has 1 unspecified atom stereocenters. The van der Waals surface area contributed by atoms with Gasteiger partial charge in [-0.15, -0.1) is 0 Å². The van der Waals surface area contributed by atoms with Crippen LogP contribution in [-0.4, -0.2) is 41.1 Å². The molecule has 0 radical (unpaired) electrons. The minimum absolute atomic E-state index is 0.0975. The molecule has 21 heavy (non-hydrogen) atoms. The average Bonchev–Trinajstić information content (AvgIpc) is 3.03. The van der Waals surface area contributed by atoms with Gasteiger partial charge in [-0.3, -0.25) is 9.69 Å². The molecule has 0 aromatic carbocycles. The molecule has 1 aromatic rings. The van der Waals surface area contributed by atoms with E-state index in [1.807, 2.05) is 6.07 Å². The van der Waals surface area contributed by atoms with Crippen LogP contribution in [0.15, 0.2) is 10.6 Å². The van der Waals surface area contributed by atoms with E-state index >= 15 is 0 Å². The molecule has 116 valence electrons. The molecule has 1 aliphatic carbocycles. The summed E-state index contributed by atoms with van der Waals surface area (Å²) in [5.41, 5.74) is 0.426. The maximum Gasteiger partial charge on any atom is 0.273 e. The number of nitrogens with zero attached hydrogens (tertiary/aromatic N) is 2. The Bertz CT molecular complexity index is 507. The fraction of sp³-hybridized carbons (Fsp3) is 0.750. The number of carbonyl (C=O) groups is 1. The Morgan fingerprint density at radius 2 is 2.24 bits per heavy atom. The number of hydrogen-bond donors (Lipinski definition) is 1. The van der Waals surface area contributed by atoms with E-state index in [1.165, 1.54) is 0 Å².